The topological polar surface area (TPSA) is 0 Å². The number of allylic oxidation sites excluding steroid dienone is 4. The molecule has 0 saturated carbocycles. The Labute approximate surface area is 92.3 Å². The van der Waals surface area contributed by atoms with E-state index in [1.54, 1.807) is 5.57 Å². The minimum Gasteiger partial charge on any atom is -0.0726 e. The van der Waals surface area contributed by atoms with Crippen molar-refractivity contribution in [2.24, 2.45) is 0 Å². The van der Waals surface area contributed by atoms with E-state index in [1.165, 1.54) is 23.1 Å². The van der Waals surface area contributed by atoms with E-state index in [-0.39, 0.29) is 0 Å². The first kappa shape index (κ1) is 10.2. The number of hydrogen-bond donors (Lipinski definition) is 0. The van der Waals surface area contributed by atoms with Crippen LogP contribution in [0.2, 0.25) is 0 Å². The van der Waals surface area contributed by atoms with Crippen molar-refractivity contribution in [2.45, 2.75) is 33.1 Å². The second kappa shape index (κ2) is 4.48. The molecule has 0 heterocycles. The SMILES string of the molecule is CCC1=CC(c2cccc(CC)c2)=CC1. The number of hydrogen-bond acceptors (Lipinski definition) is 0. The molecule has 2 rings (SSSR count). The van der Waals surface area contributed by atoms with Crippen molar-refractivity contribution in [1.82, 2.24) is 0 Å². The van der Waals surface area contributed by atoms with Crippen LogP contribution in [0.5, 0.6) is 0 Å². The summed E-state index contributed by atoms with van der Waals surface area (Å²) in [6, 6.07) is 8.87. The average Bonchev–Trinajstić information content (AvgIpc) is 2.78. The molecule has 0 aliphatic heterocycles. The molecule has 1 aromatic rings. The van der Waals surface area contributed by atoms with Gasteiger partial charge in [-0.3, -0.25) is 0 Å². The molecule has 0 saturated heterocycles. The molecule has 0 atom stereocenters. The van der Waals surface area contributed by atoms with E-state index in [1.807, 2.05) is 0 Å². The third kappa shape index (κ3) is 2.20. The summed E-state index contributed by atoms with van der Waals surface area (Å²) < 4.78 is 0. The van der Waals surface area contributed by atoms with Crippen LogP contribution >= 0.6 is 0 Å². The summed E-state index contributed by atoms with van der Waals surface area (Å²) in [7, 11) is 0. The third-order valence-corrected chi connectivity index (χ3v) is 3.07. The van der Waals surface area contributed by atoms with Crippen molar-refractivity contribution in [2.75, 3.05) is 0 Å². The molecule has 78 valence electrons. The third-order valence-electron chi connectivity index (χ3n) is 3.07. The Hall–Kier alpha value is -1.30. The molecule has 0 amide bonds. The van der Waals surface area contributed by atoms with E-state index in [0.29, 0.717) is 0 Å². The minimum atomic E-state index is 1.12. The summed E-state index contributed by atoms with van der Waals surface area (Å²) in [5.41, 5.74) is 5.75. The van der Waals surface area contributed by atoms with Gasteiger partial charge in [0.25, 0.3) is 0 Å². The molecule has 0 radical (unpaired) electrons. The zero-order chi connectivity index (χ0) is 10.7. The Kier molecular flexibility index (Phi) is 3.05. The van der Waals surface area contributed by atoms with Gasteiger partial charge in [-0.1, -0.05) is 55.8 Å². The lowest BCUT2D eigenvalue weighted by Crippen LogP contribution is -1.83. The van der Waals surface area contributed by atoms with E-state index in [4.69, 9.17) is 0 Å². The molecule has 0 N–H and O–H groups in total. The summed E-state index contributed by atoms with van der Waals surface area (Å²) in [5, 5.41) is 0. The average molecular weight is 198 g/mol. The lowest BCUT2D eigenvalue weighted by Gasteiger charge is -2.02. The van der Waals surface area contributed by atoms with Gasteiger partial charge in [0.2, 0.25) is 0 Å². The minimum absolute atomic E-state index is 1.12. The van der Waals surface area contributed by atoms with Crippen LogP contribution in [0.1, 0.15) is 37.8 Å². The van der Waals surface area contributed by atoms with Crippen molar-refractivity contribution in [3.8, 4) is 0 Å². The molecule has 0 nitrogen and oxygen atoms in total. The van der Waals surface area contributed by atoms with Gasteiger partial charge >= 0.3 is 0 Å². The summed E-state index contributed by atoms with van der Waals surface area (Å²) in [4.78, 5) is 0. The highest BCUT2D eigenvalue weighted by atomic mass is 14.1. The van der Waals surface area contributed by atoms with E-state index in [0.717, 1.165) is 12.8 Å². The Morgan fingerprint density at radius 1 is 1.13 bits per heavy atom. The number of benzene rings is 1. The molecule has 1 aliphatic rings. The first-order valence-electron chi connectivity index (χ1n) is 5.82. The molecule has 0 spiro atoms. The van der Waals surface area contributed by atoms with Gasteiger partial charge in [-0.05, 0) is 36.0 Å². The Morgan fingerprint density at radius 3 is 2.67 bits per heavy atom. The van der Waals surface area contributed by atoms with Crippen molar-refractivity contribution >= 4 is 5.57 Å². The highest BCUT2D eigenvalue weighted by Crippen LogP contribution is 2.28. The molecular weight excluding hydrogens is 180 g/mol. The normalized spacial score (nSPS) is 15.1. The maximum atomic E-state index is 2.34. The van der Waals surface area contributed by atoms with E-state index in [2.05, 4.69) is 50.3 Å². The first-order valence-corrected chi connectivity index (χ1v) is 5.82. The maximum absolute atomic E-state index is 2.34. The fraction of sp³-hybridized carbons (Fsp3) is 0.333. The van der Waals surface area contributed by atoms with Crippen molar-refractivity contribution in [3.05, 3.63) is 53.1 Å². The molecule has 1 aromatic carbocycles. The summed E-state index contributed by atoms with van der Waals surface area (Å²) >= 11 is 0. The van der Waals surface area contributed by atoms with Crippen LogP contribution in [0.3, 0.4) is 0 Å². The van der Waals surface area contributed by atoms with Crippen LogP contribution in [0.15, 0.2) is 42.0 Å². The smallest absolute Gasteiger partial charge is 0.0126 e. The Balaban J connectivity index is 2.27. The van der Waals surface area contributed by atoms with Gasteiger partial charge in [-0.15, -0.1) is 0 Å². The molecule has 0 aromatic heterocycles. The molecule has 0 heteroatoms. The fourth-order valence-corrected chi connectivity index (χ4v) is 2.00. The highest BCUT2D eigenvalue weighted by molar-refractivity contribution is 5.77. The lowest BCUT2D eigenvalue weighted by molar-refractivity contribution is 1.05. The van der Waals surface area contributed by atoms with E-state index < -0.39 is 0 Å². The highest BCUT2D eigenvalue weighted by Gasteiger charge is 2.06. The quantitative estimate of drug-likeness (QED) is 0.676. The lowest BCUT2D eigenvalue weighted by atomic mass is 10.0. The van der Waals surface area contributed by atoms with Gasteiger partial charge in [-0.25, -0.2) is 0 Å². The standard InChI is InChI=1S/C15H18/c1-3-12-6-5-7-14(10-12)15-9-8-13(4-2)11-15/h5-7,9-11H,3-4,8H2,1-2H3. The van der Waals surface area contributed by atoms with Crippen LogP contribution in [0, 0.1) is 0 Å². The fourth-order valence-electron chi connectivity index (χ4n) is 2.00. The number of aryl methyl sites for hydroxylation is 1. The van der Waals surface area contributed by atoms with Gasteiger partial charge < -0.3 is 0 Å². The molecule has 1 aliphatic carbocycles. The molecule has 0 fully saturated rings. The summed E-state index contributed by atoms with van der Waals surface area (Å²) in [6.07, 6.45) is 8.11. The van der Waals surface area contributed by atoms with Gasteiger partial charge in [0.1, 0.15) is 0 Å². The van der Waals surface area contributed by atoms with Gasteiger partial charge in [0, 0.05) is 0 Å². The van der Waals surface area contributed by atoms with E-state index in [9.17, 15) is 0 Å². The molecule has 0 bridgehead atoms. The van der Waals surface area contributed by atoms with Crippen LogP contribution in [-0.2, 0) is 6.42 Å². The first-order chi connectivity index (χ1) is 7.33. The van der Waals surface area contributed by atoms with Crippen molar-refractivity contribution < 1.29 is 0 Å². The largest absolute Gasteiger partial charge is 0.0726 e. The van der Waals surface area contributed by atoms with Crippen LogP contribution in [-0.4, -0.2) is 0 Å². The van der Waals surface area contributed by atoms with Crippen LogP contribution in [0.25, 0.3) is 5.57 Å². The second-order valence-corrected chi connectivity index (χ2v) is 4.07. The monoisotopic (exact) mass is 198 g/mol. The zero-order valence-electron chi connectivity index (χ0n) is 9.59. The maximum Gasteiger partial charge on any atom is -0.0126 e. The Morgan fingerprint density at radius 2 is 2.00 bits per heavy atom. The van der Waals surface area contributed by atoms with Gasteiger partial charge in [0.05, 0.1) is 0 Å². The predicted octanol–water partition coefficient (Wildman–Crippen LogP) is 4.37. The van der Waals surface area contributed by atoms with Crippen molar-refractivity contribution in [3.63, 3.8) is 0 Å². The zero-order valence-corrected chi connectivity index (χ0v) is 9.59. The summed E-state index contributed by atoms with van der Waals surface area (Å²) in [5.74, 6) is 0. The molecular formula is C15H18. The number of rotatable bonds is 3. The van der Waals surface area contributed by atoms with Gasteiger partial charge in [-0.2, -0.15) is 0 Å². The van der Waals surface area contributed by atoms with Crippen molar-refractivity contribution in [1.29, 1.82) is 0 Å². The molecule has 0 unspecified atom stereocenters. The second-order valence-electron chi connectivity index (χ2n) is 4.07. The molecule has 15 heavy (non-hydrogen) atoms. The Bertz CT molecular complexity index is 408. The van der Waals surface area contributed by atoms with Crippen LogP contribution in [0.4, 0.5) is 0 Å². The van der Waals surface area contributed by atoms with Crippen LogP contribution < -0.4 is 0 Å². The summed E-state index contributed by atoms with van der Waals surface area (Å²) in [6.45, 7) is 4.43. The van der Waals surface area contributed by atoms with Gasteiger partial charge in [0.15, 0.2) is 0 Å². The van der Waals surface area contributed by atoms with E-state index >= 15 is 0 Å². The predicted molar refractivity (Wildman–Crippen MR) is 66.8 cm³/mol.